The van der Waals surface area contributed by atoms with Crippen molar-refractivity contribution in [2.75, 3.05) is 44.2 Å². The lowest BCUT2D eigenvalue weighted by molar-refractivity contribution is -0.0285. The Kier molecular flexibility index (Phi) is 6.25. The van der Waals surface area contributed by atoms with E-state index in [0.717, 1.165) is 45.4 Å². The van der Waals surface area contributed by atoms with Crippen molar-refractivity contribution in [3.8, 4) is 0 Å². The number of aliphatic hydroxyl groups excluding tert-OH is 1. The van der Waals surface area contributed by atoms with Gasteiger partial charge in [-0.25, -0.2) is 4.39 Å². The summed E-state index contributed by atoms with van der Waals surface area (Å²) < 4.78 is 20.0. The van der Waals surface area contributed by atoms with Crippen LogP contribution in [0.2, 0.25) is 0 Å². The number of aliphatic hydroxyl groups is 1. The minimum absolute atomic E-state index is 0.0949. The molecule has 1 fully saturated rings. The van der Waals surface area contributed by atoms with Crippen LogP contribution in [0, 0.1) is 5.82 Å². The molecular formula is C23H29FN2O2. The second-order valence-electron chi connectivity index (χ2n) is 7.81. The van der Waals surface area contributed by atoms with Gasteiger partial charge in [-0.15, -0.1) is 0 Å². The summed E-state index contributed by atoms with van der Waals surface area (Å²) in [6, 6.07) is 15.4. The van der Waals surface area contributed by atoms with Crippen molar-refractivity contribution in [1.82, 2.24) is 4.90 Å². The molecule has 2 atom stereocenters. The minimum Gasteiger partial charge on any atom is -0.389 e. The van der Waals surface area contributed by atoms with E-state index in [9.17, 15) is 9.50 Å². The van der Waals surface area contributed by atoms with Gasteiger partial charge < -0.3 is 14.7 Å². The Bertz CT molecular complexity index is 777. The Hall–Kier alpha value is -1.95. The number of hydrogen-bond donors (Lipinski definition) is 1. The van der Waals surface area contributed by atoms with Gasteiger partial charge in [-0.1, -0.05) is 36.4 Å². The highest BCUT2D eigenvalue weighted by Gasteiger charge is 2.24. The fraction of sp³-hybridized carbons (Fsp3) is 0.478. The molecule has 0 bridgehead atoms. The molecule has 0 aromatic heterocycles. The highest BCUT2D eigenvalue weighted by Crippen LogP contribution is 2.32. The number of ether oxygens (including phenoxy) is 1. The summed E-state index contributed by atoms with van der Waals surface area (Å²) in [5, 5.41) is 10.5. The van der Waals surface area contributed by atoms with E-state index in [-0.39, 0.29) is 11.9 Å². The van der Waals surface area contributed by atoms with E-state index in [0.29, 0.717) is 18.8 Å². The summed E-state index contributed by atoms with van der Waals surface area (Å²) in [5.74, 6) is -0.169. The van der Waals surface area contributed by atoms with Crippen LogP contribution in [0.1, 0.15) is 30.1 Å². The zero-order chi connectivity index (χ0) is 19.3. The van der Waals surface area contributed by atoms with E-state index in [1.54, 1.807) is 6.07 Å². The van der Waals surface area contributed by atoms with E-state index >= 15 is 0 Å². The predicted octanol–water partition coefficient (Wildman–Crippen LogP) is 3.40. The van der Waals surface area contributed by atoms with Gasteiger partial charge in [0, 0.05) is 32.7 Å². The molecule has 4 nitrogen and oxygen atoms in total. The summed E-state index contributed by atoms with van der Waals surface area (Å²) in [6.45, 7) is 4.12. The third-order valence-corrected chi connectivity index (χ3v) is 5.84. The third-order valence-electron chi connectivity index (χ3n) is 5.84. The molecule has 2 aromatic rings. The number of benzene rings is 2. The van der Waals surface area contributed by atoms with Gasteiger partial charge in [0.25, 0.3) is 0 Å². The first-order valence-electron chi connectivity index (χ1n) is 10.3. The van der Waals surface area contributed by atoms with Gasteiger partial charge >= 0.3 is 0 Å². The maximum absolute atomic E-state index is 14.0. The molecule has 150 valence electrons. The molecule has 2 aliphatic rings. The first kappa shape index (κ1) is 19.4. The quantitative estimate of drug-likeness (QED) is 0.828. The molecule has 0 unspecified atom stereocenters. The topological polar surface area (TPSA) is 35.9 Å². The number of para-hydroxylation sites is 1. The van der Waals surface area contributed by atoms with Crippen molar-refractivity contribution in [3.63, 3.8) is 0 Å². The molecule has 0 radical (unpaired) electrons. The third kappa shape index (κ3) is 4.54. The maximum Gasteiger partial charge on any atom is 0.146 e. The van der Waals surface area contributed by atoms with Crippen molar-refractivity contribution in [2.45, 2.75) is 31.5 Å². The predicted molar refractivity (Wildman–Crippen MR) is 109 cm³/mol. The average molecular weight is 384 g/mol. The average Bonchev–Trinajstić information content (AvgIpc) is 2.73. The molecule has 1 aliphatic heterocycles. The SMILES string of the molecule is O[C@H](CO[C@@H]1CCCc2ccccc21)CN1CCN(c2ccccc2F)CC1. The van der Waals surface area contributed by atoms with Crippen LogP contribution in [0.4, 0.5) is 10.1 Å². The van der Waals surface area contributed by atoms with E-state index in [1.165, 1.54) is 17.2 Å². The Labute approximate surface area is 166 Å². The van der Waals surface area contributed by atoms with Gasteiger partial charge in [0.15, 0.2) is 0 Å². The molecule has 1 saturated heterocycles. The molecule has 0 amide bonds. The number of fused-ring (bicyclic) bond motifs is 1. The van der Waals surface area contributed by atoms with Crippen molar-refractivity contribution in [3.05, 3.63) is 65.5 Å². The monoisotopic (exact) mass is 384 g/mol. The molecule has 28 heavy (non-hydrogen) atoms. The first-order valence-corrected chi connectivity index (χ1v) is 10.3. The molecule has 4 rings (SSSR count). The van der Waals surface area contributed by atoms with Crippen LogP contribution < -0.4 is 4.90 Å². The molecule has 1 aliphatic carbocycles. The van der Waals surface area contributed by atoms with Crippen LogP contribution in [0.3, 0.4) is 0 Å². The second kappa shape index (κ2) is 9.03. The van der Waals surface area contributed by atoms with E-state index in [1.807, 2.05) is 12.1 Å². The minimum atomic E-state index is -0.505. The van der Waals surface area contributed by atoms with Crippen LogP contribution in [0.25, 0.3) is 0 Å². The molecule has 0 spiro atoms. The van der Waals surface area contributed by atoms with Crippen molar-refractivity contribution >= 4 is 5.69 Å². The zero-order valence-electron chi connectivity index (χ0n) is 16.3. The lowest BCUT2D eigenvalue weighted by Gasteiger charge is -2.37. The molecule has 0 saturated carbocycles. The number of hydrogen-bond acceptors (Lipinski definition) is 4. The summed E-state index contributed by atoms with van der Waals surface area (Å²) >= 11 is 0. The van der Waals surface area contributed by atoms with E-state index < -0.39 is 6.10 Å². The Morgan fingerprint density at radius 1 is 1.04 bits per heavy atom. The van der Waals surface area contributed by atoms with Crippen molar-refractivity contribution in [2.24, 2.45) is 0 Å². The summed E-state index contributed by atoms with van der Waals surface area (Å²) in [5.41, 5.74) is 3.32. The van der Waals surface area contributed by atoms with Crippen molar-refractivity contribution < 1.29 is 14.2 Å². The highest BCUT2D eigenvalue weighted by atomic mass is 19.1. The van der Waals surface area contributed by atoms with Crippen molar-refractivity contribution in [1.29, 1.82) is 0 Å². The summed E-state index contributed by atoms with van der Waals surface area (Å²) in [7, 11) is 0. The molecule has 5 heteroatoms. The van der Waals surface area contributed by atoms with Gasteiger partial charge in [-0.2, -0.15) is 0 Å². The normalized spacial score (nSPS) is 21.4. The van der Waals surface area contributed by atoms with Crippen LogP contribution in [-0.2, 0) is 11.2 Å². The lowest BCUT2D eigenvalue weighted by atomic mass is 9.89. The summed E-state index contributed by atoms with van der Waals surface area (Å²) in [4.78, 5) is 4.31. The van der Waals surface area contributed by atoms with Gasteiger partial charge in [-0.3, -0.25) is 4.90 Å². The Morgan fingerprint density at radius 2 is 1.79 bits per heavy atom. The van der Waals surface area contributed by atoms with Gasteiger partial charge in [0.05, 0.1) is 24.5 Å². The molecule has 1 N–H and O–H groups in total. The molecule has 1 heterocycles. The van der Waals surface area contributed by atoms with Crippen LogP contribution in [0.5, 0.6) is 0 Å². The lowest BCUT2D eigenvalue weighted by Crippen LogP contribution is -2.49. The Morgan fingerprint density at radius 3 is 2.61 bits per heavy atom. The van der Waals surface area contributed by atoms with E-state index in [2.05, 4.69) is 34.1 Å². The highest BCUT2D eigenvalue weighted by molar-refractivity contribution is 5.48. The molecular weight excluding hydrogens is 355 g/mol. The standard InChI is InChI=1S/C23H29FN2O2/c24-21-9-3-4-10-22(21)26-14-12-25(13-15-26)16-19(27)17-28-23-11-5-7-18-6-1-2-8-20(18)23/h1-4,6,8-10,19,23,27H,5,7,11-17H2/t19-,23+/m0/s1. The summed E-state index contributed by atoms with van der Waals surface area (Å²) in [6.07, 6.45) is 2.86. The zero-order valence-corrected chi connectivity index (χ0v) is 16.3. The number of aryl methyl sites for hydroxylation is 1. The van der Waals surface area contributed by atoms with Gasteiger partial charge in [-0.05, 0) is 42.5 Å². The molecule has 2 aromatic carbocycles. The number of nitrogens with zero attached hydrogens (tertiary/aromatic N) is 2. The number of β-amino-alcohol motifs (C(OH)–C–C–N with tert-alkyl or cyclic N) is 1. The largest absolute Gasteiger partial charge is 0.389 e. The number of rotatable bonds is 6. The van der Waals surface area contributed by atoms with Gasteiger partial charge in [0.1, 0.15) is 5.82 Å². The van der Waals surface area contributed by atoms with Crippen LogP contribution in [-0.4, -0.2) is 55.4 Å². The first-order chi connectivity index (χ1) is 13.7. The smallest absolute Gasteiger partial charge is 0.146 e. The maximum atomic E-state index is 14.0. The Balaban J connectivity index is 1.23. The van der Waals surface area contributed by atoms with Crippen LogP contribution in [0.15, 0.2) is 48.5 Å². The van der Waals surface area contributed by atoms with Gasteiger partial charge in [0.2, 0.25) is 0 Å². The van der Waals surface area contributed by atoms with Crippen LogP contribution >= 0.6 is 0 Å². The fourth-order valence-electron chi connectivity index (χ4n) is 4.34. The number of anilines is 1. The number of piperazine rings is 1. The number of halogens is 1. The second-order valence-corrected chi connectivity index (χ2v) is 7.81. The van der Waals surface area contributed by atoms with E-state index in [4.69, 9.17) is 4.74 Å². The fourth-order valence-corrected chi connectivity index (χ4v) is 4.34.